The highest BCUT2D eigenvalue weighted by atomic mass is 31.2. The Bertz CT molecular complexity index is 780. The number of nitrogens with one attached hydrogen (secondary N) is 1. The molecule has 0 aliphatic heterocycles. The monoisotopic (exact) mass is 366 g/mol. The van der Waals surface area contributed by atoms with Gasteiger partial charge in [-0.3, -0.25) is 10.1 Å². The number of ether oxygens (including phenoxy) is 1. The van der Waals surface area contributed by atoms with Crippen molar-refractivity contribution in [2.24, 2.45) is 0 Å². The highest BCUT2D eigenvalue weighted by Crippen LogP contribution is 2.41. The molecule has 9 nitrogen and oxygen atoms in total. The van der Waals surface area contributed by atoms with Gasteiger partial charge in [0, 0.05) is 12.1 Å². The van der Waals surface area contributed by atoms with Crippen molar-refractivity contribution in [3.8, 4) is 5.75 Å². The Morgan fingerprint density at radius 2 is 1.80 bits per heavy atom. The Morgan fingerprint density at radius 1 is 1.16 bits per heavy atom. The summed E-state index contributed by atoms with van der Waals surface area (Å²) < 4.78 is 21.7. The number of hydrogen-bond acceptors (Lipinski definition) is 6. The zero-order valence-electron chi connectivity index (χ0n) is 12.9. The molecular weight excluding hydrogens is 351 g/mol. The van der Waals surface area contributed by atoms with Crippen molar-refractivity contribution in [3.05, 3.63) is 70.3 Å². The summed E-state index contributed by atoms with van der Waals surface area (Å²) in [4.78, 5) is 31.2. The standard InChI is InChI=1S/C15H15N2O7P/c18-15(23-10-12-4-2-1-3-5-12)16-11-25(21,22)24-14-8-6-13(7-9-14)17(19)20/h1-9H,10-11H2,(H,16,18)(H,21,22). The van der Waals surface area contributed by atoms with Gasteiger partial charge in [0.05, 0.1) is 4.92 Å². The average Bonchev–Trinajstić information content (AvgIpc) is 2.59. The number of non-ortho nitro benzene ring substituents is 1. The van der Waals surface area contributed by atoms with Crippen molar-refractivity contribution >= 4 is 19.4 Å². The van der Waals surface area contributed by atoms with Crippen LogP contribution in [0.4, 0.5) is 10.5 Å². The SMILES string of the molecule is O=C(NCP(=O)(O)Oc1ccc([N+](=O)[O-])cc1)OCc1ccccc1. The number of hydrogen-bond donors (Lipinski definition) is 2. The van der Waals surface area contributed by atoms with Crippen LogP contribution in [0.15, 0.2) is 54.6 Å². The molecule has 2 rings (SSSR count). The summed E-state index contributed by atoms with van der Waals surface area (Å²) in [5, 5.41) is 12.7. The number of nitrogens with zero attached hydrogens (tertiary/aromatic N) is 1. The van der Waals surface area contributed by atoms with Crippen molar-refractivity contribution in [1.82, 2.24) is 5.32 Å². The molecule has 2 aromatic carbocycles. The van der Waals surface area contributed by atoms with Crippen LogP contribution in [-0.4, -0.2) is 22.2 Å². The topological polar surface area (TPSA) is 128 Å². The van der Waals surface area contributed by atoms with Gasteiger partial charge in [0.1, 0.15) is 18.6 Å². The van der Waals surface area contributed by atoms with E-state index in [2.05, 4.69) is 5.32 Å². The number of carbonyl (C=O) groups is 1. The summed E-state index contributed by atoms with van der Waals surface area (Å²) in [6.07, 6.45) is -1.54. The third kappa shape index (κ3) is 6.25. The second-order valence-corrected chi connectivity index (χ2v) is 6.65. The lowest BCUT2D eigenvalue weighted by Crippen LogP contribution is -2.26. The molecule has 132 valence electrons. The smallest absolute Gasteiger partial charge is 0.408 e. The Kier molecular flexibility index (Phi) is 6.10. The molecule has 0 radical (unpaired) electrons. The first-order valence-electron chi connectivity index (χ1n) is 7.06. The van der Waals surface area contributed by atoms with E-state index in [9.17, 15) is 24.4 Å². The van der Waals surface area contributed by atoms with Gasteiger partial charge in [-0.15, -0.1) is 0 Å². The molecule has 0 bridgehead atoms. The summed E-state index contributed by atoms with van der Waals surface area (Å²) in [5.41, 5.74) is 0.592. The van der Waals surface area contributed by atoms with E-state index in [1.54, 1.807) is 24.3 Å². The normalized spacial score (nSPS) is 12.7. The third-order valence-electron chi connectivity index (χ3n) is 2.93. The molecule has 2 N–H and O–H groups in total. The van der Waals surface area contributed by atoms with Crippen LogP contribution in [0.2, 0.25) is 0 Å². The quantitative estimate of drug-likeness (QED) is 0.438. The van der Waals surface area contributed by atoms with Crippen LogP contribution < -0.4 is 9.84 Å². The fourth-order valence-corrected chi connectivity index (χ4v) is 2.61. The van der Waals surface area contributed by atoms with Crippen LogP contribution in [0.5, 0.6) is 5.75 Å². The van der Waals surface area contributed by atoms with Crippen LogP contribution in [0.25, 0.3) is 0 Å². The van der Waals surface area contributed by atoms with Crippen LogP contribution in [0.3, 0.4) is 0 Å². The first-order valence-corrected chi connectivity index (χ1v) is 8.82. The van der Waals surface area contributed by atoms with Gasteiger partial charge in [0.2, 0.25) is 0 Å². The Labute approximate surface area is 142 Å². The van der Waals surface area contributed by atoms with E-state index < -0.39 is 24.9 Å². The molecule has 1 unspecified atom stereocenters. The number of rotatable bonds is 7. The van der Waals surface area contributed by atoms with Crippen LogP contribution in [0.1, 0.15) is 5.56 Å². The maximum absolute atomic E-state index is 11.9. The van der Waals surface area contributed by atoms with Crippen LogP contribution >= 0.6 is 7.60 Å². The van der Waals surface area contributed by atoms with E-state index in [-0.39, 0.29) is 18.0 Å². The summed E-state index contributed by atoms with van der Waals surface area (Å²) in [5.74, 6) is -0.0316. The second-order valence-electron chi connectivity index (χ2n) is 4.88. The number of amides is 1. The summed E-state index contributed by atoms with van der Waals surface area (Å²) in [6.45, 7) is 0.0195. The summed E-state index contributed by atoms with van der Waals surface area (Å²) >= 11 is 0. The van der Waals surface area contributed by atoms with E-state index in [1.165, 1.54) is 12.1 Å². The molecule has 25 heavy (non-hydrogen) atoms. The average molecular weight is 366 g/mol. The number of benzene rings is 2. The number of nitro benzene ring substituents is 1. The third-order valence-corrected chi connectivity index (χ3v) is 3.99. The predicted octanol–water partition coefficient (Wildman–Crippen LogP) is 3.04. The Balaban J connectivity index is 1.81. The van der Waals surface area contributed by atoms with Gasteiger partial charge in [-0.25, -0.2) is 9.36 Å². The zero-order valence-corrected chi connectivity index (χ0v) is 13.8. The van der Waals surface area contributed by atoms with E-state index in [0.717, 1.165) is 17.7 Å². The van der Waals surface area contributed by atoms with Gasteiger partial charge in [0.15, 0.2) is 0 Å². The summed E-state index contributed by atoms with van der Waals surface area (Å²) in [6, 6.07) is 13.6. The number of nitro groups is 1. The maximum Gasteiger partial charge on any atom is 0.408 e. The molecule has 0 heterocycles. The molecule has 2 aromatic rings. The Hall–Kier alpha value is -2.90. The van der Waals surface area contributed by atoms with E-state index in [1.807, 2.05) is 6.07 Å². The largest absolute Gasteiger partial charge is 0.445 e. The lowest BCUT2D eigenvalue weighted by atomic mass is 10.2. The molecule has 0 aliphatic carbocycles. The van der Waals surface area contributed by atoms with Gasteiger partial charge < -0.3 is 19.5 Å². The molecule has 10 heteroatoms. The molecule has 1 amide bonds. The minimum absolute atomic E-state index is 0.0195. The molecule has 0 saturated heterocycles. The predicted molar refractivity (Wildman–Crippen MR) is 88.2 cm³/mol. The molecule has 1 atom stereocenters. The van der Waals surface area contributed by atoms with Crippen molar-refractivity contribution in [2.75, 3.05) is 6.29 Å². The van der Waals surface area contributed by atoms with Crippen molar-refractivity contribution in [3.63, 3.8) is 0 Å². The van der Waals surface area contributed by atoms with Crippen molar-refractivity contribution in [1.29, 1.82) is 0 Å². The van der Waals surface area contributed by atoms with Gasteiger partial charge in [-0.1, -0.05) is 30.3 Å². The molecule has 0 aromatic heterocycles. The second kappa shape index (κ2) is 8.27. The van der Waals surface area contributed by atoms with E-state index in [4.69, 9.17) is 9.26 Å². The van der Waals surface area contributed by atoms with Gasteiger partial charge >= 0.3 is 13.7 Å². The van der Waals surface area contributed by atoms with E-state index >= 15 is 0 Å². The lowest BCUT2D eigenvalue weighted by molar-refractivity contribution is -0.384. The van der Waals surface area contributed by atoms with Gasteiger partial charge in [-0.2, -0.15) is 0 Å². The highest BCUT2D eigenvalue weighted by Gasteiger charge is 2.23. The molecule has 0 aliphatic rings. The minimum atomic E-state index is -4.18. The summed E-state index contributed by atoms with van der Waals surface area (Å²) in [7, 11) is -4.18. The van der Waals surface area contributed by atoms with E-state index in [0.29, 0.717) is 0 Å². The highest BCUT2D eigenvalue weighted by molar-refractivity contribution is 7.53. The van der Waals surface area contributed by atoms with Gasteiger partial charge in [0.25, 0.3) is 5.69 Å². The van der Waals surface area contributed by atoms with Crippen LogP contribution in [-0.2, 0) is 15.9 Å². The molecule has 0 fully saturated rings. The molecule has 0 spiro atoms. The molecule has 0 saturated carbocycles. The van der Waals surface area contributed by atoms with Crippen LogP contribution in [0, 0.1) is 10.1 Å². The maximum atomic E-state index is 11.9. The number of alkyl carbamates (subject to hydrolysis) is 1. The zero-order chi connectivity index (χ0) is 18.3. The number of carbonyl (C=O) groups excluding carboxylic acids is 1. The Morgan fingerprint density at radius 3 is 2.40 bits per heavy atom. The van der Waals surface area contributed by atoms with Gasteiger partial charge in [-0.05, 0) is 17.7 Å². The first-order chi connectivity index (χ1) is 11.9. The van der Waals surface area contributed by atoms with Crippen molar-refractivity contribution < 1.29 is 28.4 Å². The van der Waals surface area contributed by atoms with Crippen molar-refractivity contribution in [2.45, 2.75) is 6.61 Å². The fraction of sp³-hybridized carbons (Fsp3) is 0.133. The fourth-order valence-electron chi connectivity index (χ4n) is 1.76. The minimum Gasteiger partial charge on any atom is -0.445 e. The lowest BCUT2D eigenvalue weighted by Gasteiger charge is -2.14. The first kappa shape index (κ1) is 18.4. The molecular formula is C15H15N2O7P.